The van der Waals surface area contributed by atoms with E-state index in [-0.39, 0.29) is 0 Å². The van der Waals surface area contributed by atoms with Gasteiger partial charge in [-0.3, -0.25) is 9.69 Å². The molecule has 3 unspecified atom stereocenters. The van der Waals surface area contributed by atoms with Crippen molar-refractivity contribution >= 4 is 5.97 Å². The Hall–Kier alpha value is -0.610. The van der Waals surface area contributed by atoms with Crippen molar-refractivity contribution in [1.29, 1.82) is 0 Å². The number of aliphatic carboxylic acids is 1. The minimum Gasteiger partial charge on any atom is -0.481 e. The number of hydrogen-bond donors (Lipinski definition) is 1. The number of hydrogen-bond acceptors (Lipinski definition) is 3. The van der Waals surface area contributed by atoms with E-state index < -0.39 is 5.97 Å². The van der Waals surface area contributed by atoms with Crippen LogP contribution >= 0.6 is 0 Å². The number of carboxylic acid groups (broad SMARTS) is 1. The summed E-state index contributed by atoms with van der Waals surface area (Å²) in [6.45, 7) is 5.36. The van der Waals surface area contributed by atoms with Crippen molar-refractivity contribution < 1.29 is 14.6 Å². The van der Waals surface area contributed by atoms with Gasteiger partial charge in [0.15, 0.2) is 0 Å². The molecule has 0 saturated carbocycles. The zero-order valence-electron chi connectivity index (χ0n) is 12.0. The van der Waals surface area contributed by atoms with Gasteiger partial charge in [-0.1, -0.05) is 6.92 Å². The average molecular weight is 269 g/mol. The lowest BCUT2D eigenvalue weighted by atomic mass is 9.90. The van der Waals surface area contributed by atoms with Gasteiger partial charge < -0.3 is 9.84 Å². The van der Waals surface area contributed by atoms with Crippen LogP contribution in [-0.2, 0) is 9.53 Å². The lowest BCUT2D eigenvalue weighted by molar-refractivity contribution is -0.137. The quantitative estimate of drug-likeness (QED) is 0.833. The molecule has 2 aliphatic heterocycles. The Morgan fingerprint density at radius 2 is 2.26 bits per heavy atom. The summed E-state index contributed by atoms with van der Waals surface area (Å²) in [4.78, 5) is 13.3. The van der Waals surface area contributed by atoms with Crippen molar-refractivity contribution in [2.24, 2.45) is 5.92 Å². The Balaban J connectivity index is 1.81. The summed E-state index contributed by atoms with van der Waals surface area (Å²) < 4.78 is 5.75. The van der Waals surface area contributed by atoms with Gasteiger partial charge in [-0.05, 0) is 51.0 Å². The molecule has 2 aliphatic rings. The minimum atomic E-state index is -0.658. The Morgan fingerprint density at radius 1 is 1.42 bits per heavy atom. The van der Waals surface area contributed by atoms with Gasteiger partial charge in [0.2, 0.25) is 0 Å². The molecule has 0 radical (unpaired) electrons. The van der Waals surface area contributed by atoms with Crippen LogP contribution in [0, 0.1) is 5.92 Å². The largest absolute Gasteiger partial charge is 0.481 e. The maximum atomic E-state index is 10.7. The highest BCUT2D eigenvalue weighted by molar-refractivity contribution is 5.66. The highest BCUT2D eigenvalue weighted by Crippen LogP contribution is 2.27. The summed E-state index contributed by atoms with van der Waals surface area (Å²) >= 11 is 0. The maximum Gasteiger partial charge on any atom is 0.303 e. The molecule has 0 spiro atoms. The fourth-order valence-corrected chi connectivity index (χ4v) is 3.47. The molecule has 0 aromatic rings. The third-order valence-corrected chi connectivity index (χ3v) is 4.63. The molecule has 4 heteroatoms. The Bertz CT molecular complexity index is 295. The number of likely N-dealkylation sites (tertiary alicyclic amines) is 1. The monoisotopic (exact) mass is 269 g/mol. The number of piperidine rings is 1. The molecule has 0 bridgehead atoms. The molecular weight excluding hydrogens is 242 g/mol. The molecule has 110 valence electrons. The van der Waals surface area contributed by atoms with Gasteiger partial charge in [-0.25, -0.2) is 0 Å². The fraction of sp³-hybridized carbons (Fsp3) is 0.933. The van der Waals surface area contributed by atoms with Crippen LogP contribution in [0.1, 0.15) is 51.9 Å². The summed E-state index contributed by atoms with van der Waals surface area (Å²) in [6.07, 6.45) is 7.41. The van der Waals surface area contributed by atoms with Crippen LogP contribution in [0.5, 0.6) is 0 Å². The van der Waals surface area contributed by atoms with Gasteiger partial charge in [0, 0.05) is 25.6 Å². The Morgan fingerprint density at radius 3 is 3.00 bits per heavy atom. The van der Waals surface area contributed by atoms with Crippen molar-refractivity contribution in [1.82, 2.24) is 4.90 Å². The van der Waals surface area contributed by atoms with Gasteiger partial charge in [-0.2, -0.15) is 0 Å². The zero-order chi connectivity index (χ0) is 13.7. The van der Waals surface area contributed by atoms with Gasteiger partial charge in [0.1, 0.15) is 0 Å². The zero-order valence-corrected chi connectivity index (χ0v) is 12.0. The van der Waals surface area contributed by atoms with Crippen molar-refractivity contribution in [3.63, 3.8) is 0 Å². The van der Waals surface area contributed by atoms with Crippen LogP contribution in [-0.4, -0.2) is 47.8 Å². The van der Waals surface area contributed by atoms with E-state index in [0.717, 1.165) is 38.8 Å². The molecule has 3 atom stereocenters. The topological polar surface area (TPSA) is 49.8 Å². The molecule has 19 heavy (non-hydrogen) atoms. The van der Waals surface area contributed by atoms with Crippen molar-refractivity contribution in [2.75, 3.05) is 19.7 Å². The van der Waals surface area contributed by atoms with Crippen LogP contribution in [0.2, 0.25) is 0 Å². The minimum absolute atomic E-state index is 0.323. The first-order valence-corrected chi connectivity index (χ1v) is 7.76. The standard InChI is InChI=1S/C15H27NO3/c1-2-14-10-13(7-9-19-14)16-8-3-4-12(11-16)5-6-15(17)18/h12-14H,2-11H2,1H3,(H,17,18). The molecule has 2 rings (SSSR count). The van der Waals surface area contributed by atoms with Crippen LogP contribution in [0.3, 0.4) is 0 Å². The number of ether oxygens (including phenoxy) is 1. The molecule has 2 fully saturated rings. The van der Waals surface area contributed by atoms with Gasteiger partial charge in [0.05, 0.1) is 6.10 Å². The fourth-order valence-electron chi connectivity index (χ4n) is 3.47. The predicted octanol–water partition coefficient (Wildman–Crippen LogP) is 2.52. The highest BCUT2D eigenvalue weighted by atomic mass is 16.5. The lowest BCUT2D eigenvalue weighted by Gasteiger charge is -2.41. The second kappa shape index (κ2) is 7.25. The van der Waals surface area contributed by atoms with Gasteiger partial charge in [-0.15, -0.1) is 0 Å². The third kappa shape index (κ3) is 4.46. The van der Waals surface area contributed by atoms with Crippen LogP contribution in [0.4, 0.5) is 0 Å². The van der Waals surface area contributed by atoms with Crippen LogP contribution < -0.4 is 0 Å². The van der Waals surface area contributed by atoms with E-state index in [9.17, 15) is 4.79 Å². The van der Waals surface area contributed by atoms with Crippen LogP contribution in [0.15, 0.2) is 0 Å². The number of carbonyl (C=O) groups is 1. The number of rotatable bonds is 5. The van der Waals surface area contributed by atoms with E-state index in [1.807, 2.05) is 0 Å². The molecule has 1 N–H and O–H groups in total. The SMILES string of the molecule is CCC1CC(N2CCCC(CCC(=O)O)C2)CCO1. The first-order valence-electron chi connectivity index (χ1n) is 7.76. The highest BCUT2D eigenvalue weighted by Gasteiger charge is 2.30. The first-order chi connectivity index (χ1) is 9.19. The normalized spacial score (nSPS) is 33.2. The van der Waals surface area contributed by atoms with E-state index in [2.05, 4.69) is 11.8 Å². The summed E-state index contributed by atoms with van der Waals surface area (Å²) in [5, 5.41) is 8.80. The lowest BCUT2D eigenvalue weighted by Crippen LogP contribution is -2.47. The van der Waals surface area contributed by atoms with Crippen molar-refractivity contribution in [3.8, 4) is 0 Å². The second-order valence-corrected chi connectivity index (χ2v) is 6.01. The molecule has 4 nitrogen and oxygen atoms in total. The Kier molecular flexibility index (Phi) is 5.64. The smallest absolute Gasteiger partial charge is 0.303 e. The first kappa shape index (κ1) is 14.8. The molecule has 0 aromatic heterocycles. The van der Waals surface area contributed by atoms with E-state index in [1.54, 1.807) is 0 Å². The summed E-state index contributed by atoms with van der Waals surface area (Å²) in [5.74, 6) is -0.0815. The molecule has 2 heterocycles. The average Bonchev–Trinajstić information content (AvgIpc) is 2.45. The van der Waals surface area contributed by atoms with Gasteiger partial charge in [0.25, 0.3) is 0 Å². The summed E-state index contributed by atoms with van der Waals surface area (Å²) in [5.41, 5.74) is 0. The molecule has 0 aromatic carbocycles. The molecule has 2 saturated heterocycles. The maximum absolute atomic E-state index is 10.7. The molecule has 0 aliphatic carbocycles. The summed E-state index contributed by atoms with van der Waals surface area (Å²) in [6, 6.07) is 0.659. The van der Waals surface area contributed by atoms with Gasteiger partial charge >= 0.3 is 5.97 Å². The van der Waals surface area contributed by atoms with Crippen LogP contribution in [0.25, 0.3) is 0 Å². The van der Waals surface area contributed by atoms with Crippen molar-refractivity contribution in [2.45, 2.75) is 64.0 Å². The van der Waals surface area contributed by atoms with Crippen molar-refractivity contribution in [3.05, 3.63) is 0 Å². The van der Waals surface area contributed by atoms with E-state index >= 15 is 0 Å². The predicted molar refractivity (Wildman–Crippen MR) is 74.2 cm³/mol. The Labute approximate surface area is 116 Å². The summed E-state index contributed by atoms with van der Waals surface area (Å²) in [7, 11) is 0. The third-order valence-electron chi connectivity index (χ3n) is 4.63. The molecule has 0 amide bonds. The van der Waals surface area contributed by atoms with E-state index in [1.165, 1.54) is 19.4 Å². The van der Waals surface area contributed by atoms with E-state index in [4.69, 9.17) is 9.84 Å². The number of carboxylic acids is 1. The molecular formula is C15H27NO3. The van der Waals surface area contributed by atoms with E-state index in [0.29, 0.717) is 24.5 Å². The number of nitrogens with zero attached hydrogens (tertiary/aromatic N) is 1. The second-order valence-electron chi connectivity index (χ2n) is 6.01.